The molecule has 0 aliphatic rings. The van der Waals surface area contributed by atoms with Crippen molar-refractivity contribution in [2.75, 3.05) is 11.9 Å². The van der Waals surface area contributed by atoms with Crippen molar-refractivity contribution in [1.29, 1.82) is 0 Å². The molecule has 27 heavy (non-hydrogen) atoms. The Morgan fingerprint density at radius 2 is 1.48 bits per heavy atom. The molecule has 136 valence electrons. The van der Waals surface area contributed by atoms with Gasteiger partial charge in [-0.1, -0.05) is 64.5 Å². The fourth-order valence-corrected chi connectivity index (χ4v) is 2.93. The topological polar surface area (TPSA) is 58.2 Å². The maximum Gasteiger partial charge on any atom is 0.251 e. The molecule has 0 fully saturated rings. The monoisotopic (exact) mass is 422 g/mol. The summed E-state index contributed by atoms with van der Waals surface area (Å²) in [5.41, 5.74) is 3.46. The van der Waals surface area contributed by atoms with E-state index in [2.05, 4.69) is 38.7 Å². The smallest absolute Gasteiger partial charge is 0.251 e. The minimum Gasteiger partial charge on any atom is -0.343 e. The number of nitrogens with one attached hydrogen (secondary N) is 2. The van der Waals surface area contributed by atoms with Gasteiger partial charge < -0.3 is 10.6 Å². The van der Waals surface area contributed by atoms with Gasteiger partial charge in [0.1, 0.15) is 0 Å². The van der Waals surface area contributed by atoms with Crippen LogP contribution >= 0.6 is 15.9 Å². The molecular weight excluding hydrogens is 404 g/mol. The minimum absolute atomic E-state index is 0.0887. The standard InChI is InChI=1S/C22H19BrN2O2/c23-19-12-10-17(11-13-19)22(27)24-15-21(26)25-20-9-5-4-8-18(20)14-16-6-2-1-3-7-16/h1-13H,14-15H2,(H,24,27)(H,25,26). The number of carbonyl (C=O) groups excluding carboxylic acids is 2. The van der Waals surface area contributed by atoms with Crippen molar-refractivity contribution in [2.45, 2.75) is 6.42 Å². The van der Waals surface area contributed by atoms with E-state index in [-0.39, 0.29) is 18.4 Å². The Bertz CT molecular complexity index is 925. The van der Waals surface area contributed by atoms with Crippen molar-refractivity contribution in [3.8, 4) is 0 Å². The molecule has 3 aromatic rings. The summed E-state index contributed by atoms with van der Waals surface area (Å²) in [4.78, 5) is 24.4. The normalized spacial score (nSPS) is 10.3. The lowest BCUT2D eigenvalue weighted by Gasteiger charge is -2.12. The van der Waals surface area contributed by atoms with Crippen molar-refractivity contribution in [2.24, 2.45) is 0 Å². The Morgan fingerprint density at radius 3 is 2.22 bits per heavy atom. The zero-order valence-electron chi connectivity index (χ0n) is 14.6. The van der Waals surface area contributed by atoms with Crippen LogP contribution in [0, 0.1) is 0 Å². The number of anilines is 1. The predicted molar refractivity (Wildman–Crippen MR) is 111 cm³/mol. The number of carbonyl (C=O) groups is 2. The van der Waals surface area contributed by atoms with Gasteiger partial charge in [-0.05, 0) is 47.9 Å². The van der Waals surface area contributed by atoms with Crippen LogP contribution in [0.2, 0.25) is 0 Å². The molecule has 0 atom stereocenters. The highest BCUT2D eigenvalue weighted by Gasteiger charge is 2.10. The first-order valence-corrected chi connectivity index (χ1v) is 9.36. The van der Waals surface area contributed by atoms with Crippen molar-refractivity contribution in [3.63, 3.8) is 0 Å². The summed E-state index contributed by atoms with van der Waals surface area (Å²) >= 11 is 3.33. The van der Waals surface area contributed by atoms with Gasteiger partial charge in [-0.25, -0.2) is 0 Å². The maximum atomic E-state index is 12.3. The molecule has 0 aromatic heterocycles. The highest BCUT2D eigenvalue weighted by molar-refractivity contribution is 9.10. The molecule has 0 saturated heterocycles. The summed E-state index contributed by atoms with van der Waals surface area (Å²) in [6.07, 6.45) is 0.725. The van der Waals surface area contributed by atoms with E-state index in [1.54, 1.807) is 24.3 Å². The molecular formula is C22H19BrN2O2. The second kappa shape index (κ2) is 9.14. The first-order chi connectivity index (χ1) is 13.1. The van der Waals surface area contributed by atoms with E-state index in [0.29, 0.717) is 5.56 Å². The Balaban J connectivity index is 1.59. The second-order valence-electron chi connectivity index (χ2n) is 6.06. The molecule has 0 radical (unpaired) electrons. The van der Waals surface area contributed by atoms with Crippen molar-refractivity contribution >= 4 is 33.4 Å². The average Bonchev–Trinajstić information content (AvgIpc) is 2.69. The molecule has 2 amide bonds. The lowest BCUT2D eigenvalue weighted by molar-refractivity contribution is -0.115. The van der Waals surface area contributed by atoms with Gasteiger partial charge in [-0.3, -0.25) is 9.59 Å². The molecule has 5 heteroatoms. The number of halogens is 1. The van der Waals surface area contributed by atoms with Crippen LogP contribution < -0.4 is 10.6 Å². The van der Waals surface area contributed by atoms with Gasteiger partial charge >= 0.3 is 0 Å². The van der Waals surface area contributed by atoms with Gasteiger partial charge in [0.2, 0.25) is 5.91 Å². The van der Waals surface area contributed by atoms with Crippen LogP contribution in [0.25, 0.3) is 0 Å². The van der Waals surface area contributed by atoms with Crippen LogP contribution in [-0.2, 0) is 11.2 Å². The molecule has 3 rings (SSSR count). The van der Waals surface area contributed by atoms with Crippen molar-refractivity contribution in [1.82, 2.24) is 5.32 Å². The summed E-state index contributed by atoms with van der Waals surface area (Å²) in [7, 11) is 0. The molecule has 0 unspecified atom stereocenters. The number of amides is 2. The van der Waals surface area contributed by atoms with E-state index >= 15 is 0 Å². The van der Waals surface area contributed by atoms with Crippen LogP contribution in [0.1, 0.15) is 21.5 Å². The number of hydrogen-bond acceptors (Lipinski definition) is 2. The quantitative estimate of drug-likeness (QED) is 0.617. The Morgan fingerprint density at radius 1 is 0.815 bits per heavy atom. The molecule has 0 bridgehead atoms. The molecule has 0 aliphatic heterocycles. The van der Waals surface area contributed by atoms with Gasteiger partial charge in [0, 0.05) is 15.7 Å². The molecule has 0 saturated carbocycles. The van der Waals surface area contributed by atoms with Crippen LogP contribution in [0.3, 0.4) is 0 Å². The van der Waals surface area contributed by atoms with E-state index in [1.165, 1.54) is 5.56 Å². The SMILES string of the molecule is O=C(CNC(=O)c1ccc(Br)cc1)Nc1ccccc1Cc1ccccc1. The number of benzene rings is 3. The van der Waals surface area contributed by atoms with Crippen LogP contribution in [0.5, 0.6) is 0 Å². The summed E-state index contributed by atoms with van der Waals surface area (Å²) < 4.78 is 0.895. The Labute approximate surface area is 166 Å². The molecule has 4 nitrogen and oxygen atoms in total. The van der Waals surface area contributed by atoms with Gasteiger partial charge in [-0.15, -0.1) is 0 Å². The molecule has 0 spiro atoms. The predicted octanol–water partition coefficient (Wildman–Crippen LogP) is 4.41. The molecule has 0 aliphatic carbocycles. The van der Waals surface area contributed by atoms with Crippen molar-refractivity contribution < 1.29 is 9.59 Å². The zero-order valence-corrected chi connectivity index (χ0v) is 16.2. The van der Waals surface area contributed by atoms with E-state index in [9.17, 15) is 9.59 Å². The van der Waals surface area contributed by atoms with E-state index < -0.39 is 0 Å². The lowest BCUT2D eigenvalue weighted by atomic mass is 10.0. The number of para-hydroxylation sites is 1. The second-order valence-corrected chi connectivity index (χ2v) is 6.97. The zero-order chi connectivity index (χ0) is 19.1. The largest absolute Gasteiger partial charge is 0.343 e. The number of rotatable bonds is 6. The van der Waals surface area contributed by atoms with Crippen LogP contribution in [-0.4, -0.2) is 18.4 Å². The first-order valence-electron chi connectivity index (χ1n) is 8.57. The lowest BCUT2D eigenvalue weighted by Crippen LogP contribution is -2.33. The fourth-order valence-electron chi connectivity index (χ4n) is 2.67. The van der Waals surface area contributed by atoms with Gasteiger partial charge in [0.15, 0.2) is 0 Å². The van der Waals surface area contributed by atoms with Gasteiger partial charge in [0.05, 0.1) is 6.54 Å². The summed E-state index contributed by atoms with van der Waals surface area (Å²) in [6.45, 7) is -0.0887. The third-order valence-electron chi connectivity index (χ3n) is 4.04. The molecule has 0 heterocycles. The summed E-state index contributed by atoms with van der Waals surface area (Å²) in [5.74, 6) is -0.545. The highest BCUT2D eigenvalue weighted by Crippen LogP contribution is 2.19. The third-order valence-corrected chi connectivity index (χ3v) is 4.57. The summed E-state index contributed by atoms with van der Waals surface area (Å²) in [5, 5.41) is 5.53. The highest BCUT2D eigenvalue weighted by atomic mass is 79.9. The van der Waals surface area contributed by atoms with E-state index in [4.69, 9.17) is 0 Å². The summed E-state index contributed by atoms with van der Waals surface area (Å²) in [6, 6.07) is 24.7. The Kier molecular flexibility index (Phi) is 6.39. The third kappa shape index (κ3) is 5.53. The average molecular weight is 423 g/mol. The molecule has 3 aromatic carbocycles. The van der Waals surface area contributed by atoms with E-state index in [1.807, 2.05) is 42.5 Å². The maximum absolute atomic E-state index is 12.3. The van der Waals surface area contributed by atoms with Crippen LogP contribution in [0.15, 0.2) is 83.3 Å². The number of hydrogen-bond donors (Lipinski definition) is 2. The minimum atomic E-state index is -0.282. The molecule has 2 N–H and O–H groups in total. The van der Waals surface area contributed by atoms with Gasteiger partial charge in [-0.2, -0.15) is 0 Å². The van der Waals surface area contributed by atoms with Crippen LogP contribution in [0.4, 0.5) is 5.69 Å². The van der Waals surface area contributed by atoms with Crippen molar-refractivity contribution in [3.05, 3.63) is 100 Å². The first kappa shape index (κ1) is 18.9. The van der Waals surface area contributed by atoms with Gasteiger partial charge in [0.25, 0.3) is 5.91 Å². The van der Waals surface area contributed by atoms with E-state index in [0.717, 1.165) is 22.1 Å². The fraction of sp³-hybridized carbons (Fsp3) is 0.0909. The Hall–Kier alpha value is -2.92.